The van der Waals surface area contributed by atoms with Crippen LogP contribution in [-0.4, -0.2) is 62.5 Å². The Kier molecular flexibility index (Phi) is 4.93. The Morgan fingerprint density at radius 3 is 2.97 bits per heavy atom. The molecule has 10 nitrogen and oxygen atoms in total. The molecular weight excluding hydrogens is 396 g/mol. The highest BCUT2D eigenvalue weighted by Gasteiger charge is 2.41. The molecule has 0 aromatic carbocycles. The first kappa shape index (κ1) is 19.7. The lowest BCUT2D eigenvalue weighted by molar-refractivity contribution is 0.102. The normalized spacial score (nSPS) is 20.3. The van der Waals surface area contributed by atoms with Gasteiger partial charge in [-0.15, -0.1) is 0 Å². The van der Waals surface area contributed by atoms with E-state index >= 15 is 0 Å². The molecule has 0 saturated carbocycles. The van der Waals surface area contributed by atoms with E-state index in [1.165, 1.54) is 0 Å². The average Bonchev–Trinajstić information content (AvgIpc) is 3.10. The van der Waals surface area contributed by atoms with Gasteiger partial charge in [0.1, 0.15) is 11.4 Å². The lowest BCUT2D eigenvalue weighted by Gasteiger charge is -2.50. The van der Waals surface area contributed by atoms with Crippen molar-refractivity contribution in [3.63, 3.8) is 0 Å². The Morgan fingerprint density at radius 2 is 2.16 bits per heavy atom. The number of nitrogens with zero attached hydrogens (tertiary/aromatic N) is 6. The molecular formula is C21H26N8O2. The minimum atomic E-state index is -0.360. The van der Waals surface area contributed by atoms with E-state index in [0.717, 1.165) is 43.1 Å². The SMILES string of the molecule is CCOc1nc(N2C[C@H]3CNCC[C@H]32)ncc1C(=O)Nc1cn2cc(C)nc2c(C)n1. The van der Waals surface area contributed by atoms with Crippen LogP contribution in [0.3, 0.4) is 0 Å². The number of fused-ring (bicyclic) bond motifs is 2. The van der Waals surface area contributed by atoms with Gasteiger partial charge in [0.05, 0.1) is 24.2 Å². The number of aryl methyl sites for hydroxylation is 2. The summed E-state index contributed by atoms with van der Waals surface area (Å²) in [7, 11) is 0. The zero-order chi connectivity index (χ0) is 21.5. The highest BCUT2D eigenvalue weighted by molar-refractivity contribution is 6.05. The van der Waals surface area contributed by atoms with Crippen LogP contribution in [0.2, 0.25) is 0 Å². The molecule has 3 aromatic rings. The van der Waals surface area contributed by atoms with Gasteiger partial charge in [0.25, 0.3) is 5.91 Å². The Balaban J connectivity index is 1.39. The molecule has 1 amide bonds. The molecule has 31 heavy (non-hydrogen) atoms. The molecule has 0 unspecified atom stereocenters. The number of hydrogen-bond donors (Lipinski definition) is 2. The molecule has 5 rings (SSSR count). The number of carbonyl (C=O) groups is 1. The van der Waals surface area contributed by atoms with Crippen LogP contribution in [0.25, 0.3) is 5.65 Å². The Bertz CT molecular complexity index is 1140. The van der Waals surface area contributed by atoms with E-state index in [2.05, 4.69) is 35.5 Å². The summed E-state index contributed by atoms with van der Waals surface area (Å²) in [5.41, 5.74) is 2.67. The van der Waals surface area contributed by atoms with Gasteiger partial charge in [-0.3, -0.25) is 4.79 Å². The minimum absolute atomic E-state index is 0.286. The molecule has 2 atom stereocenters. The van der Waals surface area contributed by atoms with Gasteiger partial charge in [-0.1, -0.05) is 0 Å². The second-order valence-electron chi connectivity index (χ2n) is 8.07. The Hall–Kier alpha value is -3.27. The molecule has 0 aliphatic carbocycles. The fourth-order valence-corrected chi connectivity index (χ4v) is 4.40. The number of rotatable bonds is 5. The third-order valence-corrected chi connectivity index (χ3v) is 5.89. The van der Waals surface area contributed by atoms with Crippen molar-refractivity contribution in [2.24, 2.45) is 5.92 Å². The number of imidazole rings is 1. The number of carbonyl (C=O) groups excluding carboxylic acids is 1. The summed E-state index contributed by atoms with van der Waals surface area (Å²) in [5.74, 6) is 1.61. The van der Waals surface area contributed by atoms with Crippen molar-refractivity contribution in [2.45, 2.75) is 33.2 Å². The fourth-order valence-electron chi connectivity index (χ4n) is 4.40. The Morgan fingerprint density at radius 1 is 1.29 bits per heavy atom. The van der Waals surface area contributed by atoms with Crippen LogP contribution in [0.4, 0.5) is 11.8 Å². The number of anilines is 2. The number of hydrogen-bond acceptors (Lipinski definition) is 8. The maximum atomic E-state index is 13.0. The summed E-state index contributed by atoms with van der Waals surface area (Å²) >= 11 is 0. The van der Waals surface area contributed by atoms with Crippen LogP contribution < -0.4 is 20.3 Å². The zero-order valence-electron chi connectivity index (χ0n) is 17.9. The summed E-state index contributed by atoms with van der Waals surface area (Å²) in [4.78, 5) is 33.2. The Labute approximate surface area is 180 Å². The molecule has 2 saturated heterocycles. The van der Waals surface area contributed by atoms with Gasteiger partial charge in [-0.25, -0.2) is 15.0 Å². The molecule has 0 radical (unpaired) electrons. The number of nitrogens with one attached hydrogen (secondary N) is 2. The minimum Gasteiger partial charge on any atom is -0.477 e. The third-order valence-electron chi connectivity index (χ3n) is 5.89. The van der Waals surface area contributed by atoms with E-state index in [4.69, 9.17) is 4.74 Å². The highest BCUT2D eigenvalue weighted by atomic mass is 16.5. The first-order valence-electron chi connectivity index (χ1n) is 10.6. The summed E-state index contributed by atoms with van der Waals surface area (Å²) in [6.45, 7) is 9.02. The number of amides is 1. The van der Waals surface area contributed by atoms with Crippen LogP contribution in [-0.2, 0) is 0 Å². The maximum absolute atomic E-state index is 13.0. The van der Waals surface area contributed by atoms with E-state index in [0.29, 0.717) is 36.2 Å². The topological polar surface area (TPSA) is 110 Å². The fraction of sp³-hybridized carbons (Fsp3) is 0.476. The van der Waals surface area contributed by atoms with Gasteiger partial charge < -0.3 is 24.7 Å². The second kappa shape index (κ2) is 7.77. The molecule has 3 aromatic heterocycles. The number of piperidine rings is 1. The summed E-state index contributed by atoms with van der Waals surface area (Å²) in [6.07, 6.45) is 6.25. The molecule has 5 heterocycles. The van der Waals surface area contributed by atoms with E-state index < -0.39 is 0 Å². The largest absolute Gasteiger partial charge is 0.477 e. The van der Waals surface area contributed by atoms with E-state index in [1.807, 2.05) is 31.4 Å². The van der Waals surface area contributed by atoms with Crippen molar-refractivity contribution < 1.29 is 9.53 Å². The summed E-state index contributed by atoms with van der Waals surface area (Å²) in [6, 6.07) is 0.452. The molecule has 2 fully saturated rings. The predicted octanol–water partition coefficient (Wildman–Crippen LogP) is 1.59. The van der Waals surface area contributed by atoms with Crippen LogP contribution in [0.5, 0.6) is 5.88 Å². The van der Waals surface area contributed by atoms with Crippen LogP contribution >= 0.6 is 0 Å². The van der Waals surface area contributed by atoms with Crippen molar-refractivity contribution in [1.82, 2.24) is 29.7 Å². The quantitative estimate of drug-likeness (QED) is 0.638. The van der Waals surface area contributed by atoms with Crippen molar-refractivity contribution >= 4 is 23.3 Å². The maximum Gasteiger partial charge on any atom is 0.263 e. The van der Waals surface area contributed by atoms with Gasteiger partial charge in [-0.05, 0) is 33.7 Å². The zero-order valence-corrected chi connectivity index (χ0v) is 17.9. The molecule has 0 bridgehead atoms. The van der Waals surface area contributed by atoms with Gasteiger partial charge >= 0.3 is 0 Å². The van der Waals surface area contributed by atoms with Crippen molar-refractivity contribution in [3.8, 4) is 5.88 Å². The van der Waals surface area contributed by atoms with Gasteiger partial charge in [0, 0.05) is 37.4 Å². The van der Waals surface area contributed by atoms with Crippen LogP contribution in [0.15, 0.2) is 18.6 Å². The standard InChI is InChI=1S/C21H26N8O2/c1-4-31-20-15(8-23-21(27-20)29-10-14-7-22-6-5-16(14)29)19(30)26-17-11-28-9-12(2)24-18(28)13(3)25-17/h8-9,11,14,16,22H,4-7,10H2,1-3H3,(H,26,30)/t14-,16-/m1/s1. The summed E-state index contributed by atoms with van der Waals surface area (Å²) < 4.78 is 7.56. The first-order chi connectivity index (χ1) is 15.0. The average molecular weight is 422 g/mol. The first-order valence-corrected chi connectivity index (χ1v) is 10.6. The molecule has 0 spiro atoms. The second-order valence-corrected chi connectivity index (χ2v) is 8.07. The summed E-state index contributed by atoms with van der Waals surface area (Å²) in [5, 5.41) is 6.27. The molecule has 2 aliphatic heterocycles. The van der Waals surface area contributed by atoms with E-state index in [9.17, 15) is 4.79 Å². The van der Waals surface area contributed by atoms with Crippen LogP contribution in [0, 0.1) is 19.8 Å². The van der Waals surface area contributed by atoms with E-state index in [-0.39, 0.29) is 11.5 Å². The van der Waals surface area contributed by atoms with Crippen molar-refractivity contribution in [3.05, 3.63) is 35.5 Å². The van der Waals surface area contributed by atoms with Gasteiger partial charge in [-0.2, -0.15) is 4.98 Å². The predicted molar refractivity (Wildman–Crippen MR) is 116 cm³/mol. The van der Waals surface area contributed by atoms with Crippen molar-refractivity contribution in [1.29, 1.82) is 0 Å². The highest BCUT2D eigenvalue weighted by Crippen LogP contribution is 2.33. The molecule has 162 valence electrons. The van der Waals surface area contributed by atoms with Crippen molar-refractivity contribution in [2.75, 3.05) is 36.5 Å². The third kappa shape index (κ3) is 3.56. The monoisotopic (exact) mass is 422 g/mol. The molecule has 10 heteroatoms. The molecule has 2 N–H and O–H groups in total. The molecule has 2 aliphatic rings. The van der Waals surface area contributed by atoms with Crippen LogP contribution in [0.1, 0.15) is 35.1 Å². The smallest absolute Gasteiger partial charge is 0.263 e. The lowest BCUT2D eigenvalue weighted by Crippen LogP contribution is -2.63. The lowest BCUT2D eigenvalue weighted by atomic mass is 9.84. The van der Waals surface area contributed by atoms with Gasteiger partial charge in [0.2, 0.25) is 11.8 Å². The van der Waals surface area contributed by atoms with E-state index in [1.54, 1.807) is 12.4 Å². The number of aromatic nitrogens is 5. The van der Waals surface area contributed by atoms with Gasteiger partial charge in [0.15, 0.2) is 5.65 Å². The number of ether oxygens (including phenoxy) is 1.